The van der Waals surface area contributed by atoms with Gasteiger partial charge in [-0.1, -0.05) is 30.0 Å². The van der Waals surface area contributed by atoms with Crippen LogP contribution in [0.15, 0.2) is 60.3 Å². The Bertz CT molecular complexity index is 1130. The van der Waals surface area contributed by atoms with Gasteiger partial charge in [0.05, 0.1) is 32.8 Å². The van der Waals surface area contributed by atoms with Gasteiger partial charge in [-0.25, -0.2) is 0 Å². The number of carbonyl (C=O) groups excluding carboxylic acids is 1. The summed E-state index contributed by atoms with van der Waals surface area (Å²) in [6.07, 6.45) is 1.33. The lowest BCUT2D eigenvalue weighted by Gasteiger charge is -2.17. The van der Waals surface area contributed by atoms with Crippen molar-refractivity contribution in [2.45, 2.75) is 24.7 Å². The lowest BCUT2D eigenvalue weighted by molar-refractivity contribution is -0.113. The molecule has 180 valence electrons. The molecular weight excluding hydrogens is 456 g/mol. The van der Waals surface area contributed by atoms with E-state index in [0.29, 0.717) is 46.2 Å². The number of anilines is 1. The Labute approximate surface area is 203 Å². The van der Waals surface area contributed by atoms with Gasteiger partial charge in [-0.05, 0) is 31.2 Å². The van der Waals surface area contributed by atoms with Crippen molar-refractivity contribution in [3.8, 4) is 23.0 Å². The fraction of sp³-hybridized carbons (Fsp3) is 0.292. The van der Waals surface area contributed by atoms with Gasteiger partial charge < -0.3 is 24.3 Å². The molecule has 0 aliphatic carbocycles. The number of aromatic nitrogens is 3. The summed E-state index contributed by atoms with van der Waals surface area (Å²) in [6.45, 7) is 6.17. The number of methoxy groups -OCH3 is 3. The zero-order chi connectivity index (χ0) is 24.5. The molecule has 3 aromatic rings. The van der Waals surface area contributed by atoms with E-state index >= 15 is 0 Å². The molecule has 0 aliphatic rings. The number of nitrogens with one attached hydrogen (secondary N) is 1. The van der Waals surface area contributed by atoms with E-state index in [0.717, 1.165) is 0 Å². The molecule has 1 N–H and O–H groups in total. The van der Waals surface area contributed by atoms with Crippen LogP contribution in [0.2, 0.25) is 0 Å². The standard InChI is InChI=1S/C24H28N4O5S/c1-6-13-28-23(16(2)33-21-10-8-7-9-20(21)32-5)26-27-24(28)34-15-22(29)25-18-14-17(30-3)11-12-19(18)31-4/h6-12,14,16H,1,13,15H2,2-5H3,(H,25,29). The maximum atomic E-state index is 12.6. The number of amides is 1. The Morgan fingerprint density at radius 2 is 1.82 bits per heavy atom. The van der Waals surface area contributed by atoms with Crippen molar-refractivity contribution in [1.82, 2.24) is 14.8 Å². The fourth-order valence-corrected chi connectivity index (χ4v) is 3.95. The summed E-state index contributed by atoms with van der Waals surface area (Å²) in [4.78, 5) is 12.6. The van der Waals surface area contributed by atoms with Crippen LogP contribution < -0.4 is 24.3 Å². The number of thioether (sulfide) groups is 1. The van der Waals surface area contributed by atoms with Gasteiger partial charge in [-0.2, -0.15) is 0 Å². The molecule has 0 saturated carbocycles. The van der Waals surface area contributed by atoms with Gasteiger partial charge >= 0.3 is 0 Å². The number of carbonyl (C=O) groups is 1. The highest BCUT2D eigenvalue weighted by Gasteiger charge is 2.21. The number of para-hydroxylation sites is 2. The second-order valence-corrected chi connectivity index (χ2v) is 8.00. The van der Waals surface area contributed by atoms with Gasteiger partial charge in [0.25, 0.3) is 0 Å². The van der Waals surface area contributed by atoms with Gasteiger partial charge in [-0.15, -0.1) is 16.8 Å². The zero-order valence-electron chi connectivity index (χ0n) is 19.6. The highest BCUT2D eigenvalue weighted by molar-refractivity contribution is 7.99. The first-order valence-electron chi connectivity index (χ1n) is 10.5. The summed E-state index contributed by atoms with van der Waals surface area (Å²) >= 11 is 1.27. The molecule has 0 spiro atoms. The monoisotopic (exact) mass is 484 g/mol. The molecular formula is C24H28N4O5S. The second-order valence-electron chi connectivity index (χ2n) is 7.05. The van der Waals surface area contributed by atoms with Gasteiger partial charge in [0, 0.05) is 12.6 Å². The minimum Gasteiger partial charge on any atom is -0.497 e. The van der Waals surface area contributed by atoms with Crippen LogP contribution in [0, 0.1) is 0 Å². The van der Waals surface area contributed by atoms with Crippen LogP contribution in [0.25, 0.3) is 0 Å². The Morgan fingerprint density at radius 3 is 2.50 bits per heavy atom. The molecule has 9 nitrogen and oxygen atoms in total. The van der Waals surface area contributed by atoms with Crippen LogP contribution in [0.1, 0.15) is 18.9 Å². The molecule has 34 heavy (non-hydrogen) atoms. The summed E-state index contributed by atoms with van der Waals surface area (Å²) in [7, 11) is 4.69. The second kappa shape index (κ2) is 12.0. The molecule has 10 heteroatoms. The maximum Gasteiger partial charge on any atom is 0.234 e. The lowest BCUT2D eigenvalue weighted by Crippen LogP contribution is -2.16. The van der Waals surface area contributed by atoms with E-state index < -0.39 is 6.10 Å². The molecule has 0 fully saturated rings. The molecule has 3 rings (SSSR count). The molecule has 0 saturated heterocycles. The summed E-state index contributed by atoms with van der Waals surface area (Å²) in [5.41, 5.74) is 0.527. The maximum absolute atomic E-state index is 12.6. The minimum atomic E-state index is -0.409. The van der Waals surface area contributed by atoms with E-state index in [1.54, 1.807) is 45.6 Å². The van der Waals surface area contributed by atoms with Crippen LogP contribution in [0.3, 0.4) is 0 Å². The predicted molar refractivity (Wildman–Crippen MR) is 131 cm³/mol. The molecule has 1 aromatic heterocycles. The van der Waals surface area contributed by atoms with Crippen LogP contribution >= 0.6 is 11.8 Å². The summed E-state index contributed by atoms with van der Waals surface area (Å²) < 4.78 is 23.9. The van der Waals surface area contributed by atoms with E-state index in [9.17, 15) is 4.79 Å². The number of ether oxygens (including phenoxy) is 4. The Kier molecular flexibility index (Phi) is 8.80. The van der Waals surface area contributed by atoms with Crippen molar-refractivity contribution in [3.63, 3.8) is 0 Å². The van der Waals surface area contributed by atoms with Crippen molar-refractivity contribution in [1.29, 1.82) is 0 Å². The Hall–Kier alpha value is -3.66. The number of hydrogen-bond acceptors (Lipinski definition) is 8. The molecule has 0 aliphatic heterocycles. The Balaban J connectivity index is 1.71. The number of benzene rings is 2. The highest BCUT2D eigenvalue weighted by Crippen LogP contribution is 2.32. The first-order valence-corrected chi connectivity index (χ1v) is 11.5. The molecule has 1 amide bonds. The number of nitrogens with zero attached hydrogens (tertiary/aromatic N) is 3. The fourth-order valence-electron chi connectivity index (χ4n) is 3.20. The predicted octanol–water partition coefficient (Wildman–Crippen LogP) is 4.36. The van der Waals surface area contributed by atoms with Gasteiger partial charge in [-0.3, -0.25) is 9.36 Å². The average Bonchev–Trinajstić information content (AvgIpc) is 3.25. The van der Waals surface area contributed by atoms with Crippen LogP contribution in [-0.2, 0) is 11.3 Å². The van der Waals surface area contributed by atoms with Crippen LogP contribution in [0.5, 0.6) is 23.0 Å². The van der Waals surface area contributed by atoms with Crippen molar-refractivity contribution < 1.29 is 23.7 Å². The third kappa shape index (κ3) is 6.02. The van der Waals surface area contributed by atoms with E-state index in [-0.39, 0.29) is 11.7 Å². The summed E-state index contributed by atoms with van der Waals surface area (Å²) in [5.74, 6) is 2.90. The van der Waals surface area contributed by atoms with Crippen molar-refractivity contribution in [3.05, 3.63) is 60.9 Å². The van der Waals surface area contributed by atoms with Gasteiger partial charge in [0.2, 0.25) is 5.91 Å². The molecule has 1 atom stereocenters. The molecule has 1 heterocycles. The number of allylic oxidation sites excluding steroid dienone is 1. The van der Waals surface area contributed by atoms with Crippen molar-refractivity contribution in [2.75, 3.05) is 32.4 Å². The number of hydrogen-bond donors (Lipinski definition) is 1. The smallest absolute Gasteiger partial charge is 0.234 e. The zero-order valence-corrected chi connectivity index (χ0v) is 20.4. The average molecular weight is 485 g/mol. The SMILES string of the molecule is C=CCn1c(SCC(=O)Nc2cc(OC)ccc2OC)nnc1C(C)Oc1ccccc1OC. The van der Waals surface area contributed by atoms with Gasteiger partial charge in [0.15, 0.2) is 28.6 Å². The lowest BCUT2D eigenvalue weighted by atomic mass is 10.2. The van der Waals surface area contributed by atoms with Crippen molar-refractivity contribution >= 4 is 23.4 Å². The topological polar surface area (TPSA) is 96.7 Å². The van der Waals surface area contributed by atoms with Crippen LogP contribution in [-0.4, -0.2) is 47.8 Å². The highest BCUT2D eigenvalue weighted by atomic mass is 32.2. The molecule has 0 bridgehead atoms. The molecule has 1 unspecified atom stereocenters. The number of rotatable bonds is 12. The van der Waals surface area contributed by atoms with E-state index in [1.807, 2.05) is 35.8 Å². The van der Waals surface area contributed by atoms with E-state index in [1.165, 1.54) is 11.8 Å². The van der Waals surface area contributed by atoms with Crippen LogP contribution in [0.4, 0.5) is 5.69 Å². The molecule has 2 aromatic carbocycles. The third-order valence-electron chi connectivity index (χ3n) is 4.81. The van der Waals surface area contributed by atoms with E-state index in [4.69, 9.17) is 18.9 Å². The van der Waals surface area contributed by atoms with E-state index in [2.05, 4.69) is 22.1 Å². The summed E-state index contributed by atoms with van der Waals surface area (Å²) in [5, 5.41) is 12.0. The Morgan fingerprint density at radius 1 is 1.09 bits per heavy atom. The normalized spacial score (nSPS) is 11.4. The first-order chi connectivity index (χ1) is 16.5. The van der Waals surface area contributed by atoms with Gasteiger partial charge in [0.1, 0.15) is 11.5 Å². The summed E-state index contributed by atoms with van der Waals surface area (Å²) in [6, 6.07) is 12.6. The van der Waals surface area contributed by atoms with Crippen molar-refractivity contribution in [2.24, 2.45) is 0 Å². The first kappa shape index (κ1) is 25.0. The molecule has 0 radical (unpaired) electrons. The quantitative estimate of drug-likeness (QED) is 0.299. The third-order valence-corrected chi connectivity index (χ3v) is 5.77. The largest absolute Gasteiger partial charge is 0.497 e. The minimum absolute atomic E-state index is 0.122.